The maximum absolute atomic E-state index is 13.4. The number of fused-ring (bicyclic) bond motifs is 1. The summed E-state index contributed by atoms with van der Waals surface area (Å²) >= 11 is 0. The molecule has 2 amide bonds. The van der Waals surface area contributed by atoms with Crippen molar-refractivity contribution in [1.82, 2.24) is 19.8 Å². The third-order valence-electron chi connectivity index (χ3n) is 5.88. The van der Waals surface area contributed by atoms with Crippen LogP contribution in [-0.4, -0.2) is 53.6 Å². The number of ether oxygens (including phenoxy) is 2. The van der Waals surface area contributed by atoms with Gasteiger partial charge in [-0.2, -0.15) is 0 Å². The Morgan fingerprint density at radius 1 is 0.944 bits per heavy atom. The van der Waals surface area contributed by atoms with E-state index in [2.05, 4.69) is 33.0 Å². The summed E-state index contributed by atoms with van der Waals surface area (Å²) in [7, 11) is 3.08. The Kier molecular flexibility index (Phi) is 8.96. The lowest BCUT2D eigenvalue weighted by molar-refractivity contribution is -0.132. The van der Waals surface area contributed by atoms with Crippen molar-refractivity contribution in [2.75, 3.05) is 27.3 Å². The fraction of sp³-hybridized carbons (Fsp3) is 0.464. The third kappa shape index (κ3) is 6.36. The third-order valence-corrected chi connectivity index (χ3v) is 5.88. The van der Waals surface area contributed by atoms with Crippen molar-refractivity contribution in [3.8, 4) is 11.5 Å². The zero-order valence-corrected chi connectivity index (χ0v) is 22.4. The summed E-state index contributed by atoms with van der Waals surface area (Å²) in [4.78, 5) is 33.2. The Morgan fingerprint density at radius 3 is 2.19 bits per heavy atom. The van der Waals surface area contributed by atoms with Crippen LogP contribution in [-0.2, 0) is 11.3 Å². The molecule has 0 aliphatic heterocycles. The Labute approximate surface area is 213 Å². The van der Waals surface area contributed by atoms with E-state index in [4.69, 9.17) is 14.5 Å². The van der Waals surface area contributed by atoms with E-state index in [1.807, 2.05) is 40.7 Å². The molecule has 0 saturated carbocycles. The molecule has 1 aromatic heterocycles. The molecule has 0 bridgehead atoms. The Morgan fingerprint density at radius 2 is 1.58 bits per heavy atom. The second kappa shape index (κ2) is 11.9. The molecule has 0 spiro atoms. The molecule has 8 heteroatoms. The number of aromatic nitrogens is 2. The number of nitrogens with one attached hydrogen (secondary N) is 1. The number of rotatable bonds is 11. The molecule has 194 valence electrons. The standard InChI is InChI=1S/C28H38N4O4/c1-18(2)15-31(16-19(3)4)26(33)17-32-23-11-9-8-10-22(23)30-27(32)20(5)29-28(34)21-12-13-24(35-6)25(14-21)36-7/h8-14,18-20H,15-17H2,1-7H3,(H,29,34). The van der Waals surface area contributed by atoms with E-state index >= 15 is 0 Å². The zero-order chi connectivity index (χ0) is 26.4. The molecule has 8 nitrogen and oxygen atoms in total. The smallest absolute Gasteiger partial charge is 0.251 e. The first-order chi connectivity index (χ1) is 17.1. The highest BCUT2D eigenvalue weighted by Crippen LogP contribution is 2.28. The van der Waals surface area contributed by atoms with Crippen molar-refractivity contribution in [2.45, 2.75) is 47.2 Å². The highest BCUT2D eigenvalue weighted by Gasteiger charge is 2.23. The average Bonchev–Trinajstić information content (AvgIpc) is 3.21. The van der Waals surface area contributed by atoms with Crippen LogP contribution in [0.25, 0.3) is 11.0 Å². The van der Waals surface area contributed by atoms with E-state index in [1.165, 1.54) is 7.11 Å². The minimum Gasteiger partial charge on any atom is -0.493 e. The summed E-state index contributed by atoms with van der Waals surface area (Å²) < 4.78 is 12.5. The van der Waals surface area contributed by atoms with E-state index in [1.54, 1.807) is 25.3 Å². The number of benzene rings is 2. The number of amides is 2. The quantitative estimate of drug-likeness (QED) is 0.418. The maximum atomic E-state index is 13.4. The van der Waals surface area contributed by atoms with E-state index < -0.39 is 6.04 Å². The molecule has 0 fully saturated rings. The summed E-state index contributed by atoms with van der Waals surface area (Å²) in [5, 5.41) is 3.03. The Hall–Kier alpha value is -3.55. The number of carbonyl (C=O) groups is 2. The molecular weight excluding hydrogens is 456 g/mol. The molecule has 2 aromatic carbocycles. The number of imidazole rings is 1. The van der Waals surface area contributed by atoms with Crippen molar-refractivity contribution in [2.24, 2.45) is 11.8 Å². The molecule has 0 radical (unpaired) electrons. The predicted octanol–water partition coefficient (Wildman–Crippen LogP) is 4.69. The van der Waals surface area contributed by atoms with Crippen LogP contribution in [0.5, 0.6) is 11.5 Å². The molecule has 0 saturated heterocycles. The van der Waals surface area contributed by atoms with E-state index in [0.29, 0.717) is 47.8 Å². The second-order valence-electron chi connectivity index (χ2n) is 9.90. The van der Waals surface area contributed by atoms with Crippen LogP contribution in [0.1, 0.15) is 56.8 Å². The number of nitrogens with zero attached hydrogens (tertiary/aromatic N) is 3. The van der Waals surface area contributed by atoms with E-state index in [0.717, 1.165) is 11.0 Å². The molecule has 36 heavy (non-hydrogen) atoms. The summed E-state index contributed by atoms with van der Waals surface area (Å²) in [6, 6.07) is 12.3. The van der Waals surface area contributed by atoms with Gasteiger partial charge in [0.15, 0.2) is 11.5 Å². The minimum atomic E-state index is -0.436. The van der Waals surface area contributed by atoms with Gasteiger partial charge in [-0.1, -0.05) is 39.8 Å². The van der Waals surface area contributed by atoms with Gasteiger partial charge in [0.2, 0.25) is 5.91 Å². The first-order valence-electron chi connectivity index (χ1n) is 12.4. The fourth-order valence-electron chi connectivity index (χ4n) is 4.31. The average molecular weight is 495 g/mol. The van der Waals surface area contributed by atoms with Crippen LogP contribution in [0.4, 0.5) is 0 Å². The molecule has 1 heterocycles. The SMILES string of the molecule is COc1ccc(C(=O)NC(C)c2nc3ccccc3n2CC(=O)N(CC(C)C)CC(C)C)cc1OC. The van der Waals surface area contributed by atoms with E-state index in [9.17, 15) is 9.59 Å². The van der Waals surface area contributed by atoms with Crippen LogP contribution in [0, 0.1) is 11.8 Å². The molecule has 3 rings (SSSR count). The lowest BCUT2D eigenvalue weighted by atomic mass is 10.1. The van der Waals surface area contributed by atoms with Gasteiger partial charge in [-0.3, -0.25) is 9.59 Å². The van der Waals surface area contributed by atoms with Gasteiger partial charge in [-0.25, -0.2) is 4.98 Å². The Balaban J connectivity index is 1.89. The zero-order valence-electron chi connectivity index (χ0n) is 22.4. The van der Waals surface area contributed by atoms with Gasteiger partial charge in [-0.05, 0) is 49.1 Å². The predicted molar refractivity (Wildman–Crippen MR) is 141 cm³/mol. The largest absolute Gasteiger partial charge is 0.493 e. The molecule has 1 N–H and O–H groups in total. The highest BCUT2D eigenvalue weighted by molar-refractivity contribution is 5.95. The molecule has 3 aromatic rings. The van der Waals surface area contributed by atoms with Gasteiger partial charge in [0.1, 0.15) is 12.4 Å². The fourth-order valence-corrected chi connectivity index (χ4v) is 4.31. The molecular formula is C28H38N4O4. The van der Waals surface area contributed by atoms with Crippen LogP contribution >= 0.6 is 0 Å². The number of hydrogen-bond acceptors (Lipinski definition) is 5. The van der Waals surface area contributed by atoms with Crippen molar-refractivity contribution in [3.63, 3.8) is 0 Å². The molecule has 1 unspecified atom stereocenters. The normalized spacial score (nSPS) is 12.1. The summed E-state index contributed by atoms with van der Waals surface area (Å²) in [5.41, 5.74) is 2.09. The van der Waals surface area contributed by atoms with Crippen molar-refractivity contribution < 1.29 is 19.1 Å². The van der Waals surface area contributed by atoms with Gasteiger partial charge in [0.25, 0.3) is 5.91 Å². The maximum Gasteiger partial charge on any atom is 0.251 e. The lowest BCUT2D eigenvalue weighted by Crippen LogP contribution is -2.39. The van der Waals surface area contributed by atoms with Crippen molar-refractivity contribution in [1.29, 1.82) is 0 Å². The number of para-hydroxylation sites is 2. The first-order valence-corrected chi connectivity index (χ1v) is 12.4. The lowest BCUT2D eigenvalue weighted by Gasteiger charge is -2.27. The van der Waals surface area contributed by atoms with Gasteiger partial charge >= 0.3 is 0 Å². The van der Waals surface area contributed by atoms with Crippen LogP contribution in [0.15, 0.2) is 42.5 Å². The molecule has 1 atom stereocenters. The highest BCUT2D eigenvalue weighted by atomic mass is 16.5. The van der Waals surface area contributed by atoms with Crippen LogP contribution in [0.2, 0.25) is 0 Å². The van der Waals surface area contributed by atoms with Gasteiger partial charge in [0, 0.05) is 18.7 Å². The molecule has 0 aliphatic rings. The number of methoxy groups -OCH3 is 2. The number of hydrogen-bond donors (Lipinski definition) is 1. The van der Waals surface area contributed by atoms with Crippen LogP contribution in [0.3, 0.4) is 0 Å². The van der Waals surface area contributed by atoms with Gasteiger partial charge in [-0.15, -0.1) is 0 Å². The molecule has 0 aliphatic carbocycles. The van der Waals surface area contributed by atoms with Crippen molar-refractivity contribution >= 4 is 22.8 Å². The van der Waals surface area contributed by atoms with Crippen molar-refractivity contribution in [3.05, 3.63) is 53.9 Å². The minimum absolute atomic E-state index is 0.0419. The topological polar surface area (TPSA) is 85.7 Å². The Bertz CT molecular complexity index is 1190. The summed E-state index contributed by atoms with van der Waals surface area (Å²) in [5.74, 6) is 2.17. The van der Waals surface area contributed by atoms with E-state index in [-0.39, 0.29) is 18.4 Å². The second-order valence-corrected chi connectivity index (χ2v) is 9.90. The van der Waals surface area contributed by atoms with Gasteiger partial charge < -0.3 is 24.3 Å². The first kappa shape index (κ1) is 27.0. The van der Waals surface area contributed by atoms with Crippen LogP contribution < -0.4 is 14.8 Å². The summed E-state index contributed by atoms with van der Waals surface area (Å²) in [6.45, 7) is 11.9. The summed E-state index contributed by atoms with van der Waals surface area (Å²) in [6.07, 6.45) is 0. The van der Waals surface area contributed by atoms with Gasteiger partial charge in [0.05, 0.1) is 31.3 Å². The number of carbonyl (C=O) groups excluding carboxylic acids is 2. The monoisotopic (exact) mass is 494 g/mol.